The number of anilines is 2. The number of nitrogens with zero attached hydrogens (tertiary/aromatic N) is 3. The molecule has 1 saturated heterocycles. The number of carbonyl (C=O) groups excluding carboxylic acids is 3. The predicted molar refractivity (Wildman–Crippen MR) is 112 cm³/mol. The molecule has 0 bridgehead atoms. The molecule has 0 spiro atoms. The van der Waals surface area contributed by atoms with Gasteiger partial charge in [-0.3, -0.25) is 14.6 Å². The standard InChI is InChI=1S/C22H21N3O6/c1-4-31-22(28)18-17-19(25(23-18)13-9-11-14(29-2)12-10-13)21(27)24(20(17)26)15-7-5-6-8-16(15)30-3/h5-12,17,19H,4H2,1-3H3/t17-,19+/m0/s1. The van der Waals surface area contributed by atoms with Gasteiger partial charge in [0.05, 0.1) is 32.2 Å². The van der Waals surface area contributed by atoms with Gasteiger partial charge in [0.15, 0.2) is 5.71 Å². The van der Waals surface area contributed by atoms with Crippen LogP contribution in [-0.4, -0.2) is 50.4 Å². The molecule has 0 aromatic heterocycles. The number of fused-ring (bicyclic) bond motifs is 1. The third-order valence-corrected chi connectivity index (χ3v) is 5.20. The van der Waals surface area contributed by atoms with Crippen molar-refractivity contribution in [1.29, 1.82) is 0 Å². The van der Waals surface area contributed by atoms with E-state index in [4.69, 9.17) is 14.2 Å². The second-order valence-electron chi connectivity index (χ2n) is 6.85. The van der Waals surface area contributed by atoms with Crippen molar-refractivity contribution in [3.05, 3.63) is 48.5 Å². The Bertz CT molecular complexity index is 1070. The first-order chi connectivity index (χ1) is 15.0. The van der Waals surface area contributed by atoms with Crippen molar-refractivity contribution in [2.45, 2.75) is 13.0 Å². The van der Waals surface area contributed by atoms with Crippen molar-refractivity contribution in [2.24, 2.45) is 11.0 Å². The van der Waals surface area contributed by atoms with Crippen molar-refractivity contribution in [3.8, 4) is 11.5 Å². The zero-order valence-corrected chi connectivity index (χ0v) is 17.3. The number of hydrogen-bond acceptors (Lipinski definition) is 8. The van der Waals surface area contributed by atoms with Crippen LogP contribution in [-0.2, 0) is 19.1 Å². The number of methoxy groups -OCH3 is 2. The second kappa shape index (κ2) is 8.10. The van der Waals surface area contributed by atoms with E-state index in [2.05, 4.69) is 5.10 Å². The summed E-state index contributed by atoms with van der Waals surface area (Å²) in [5, 5.41) is 5.72. The topological polar surface area (TPSA) is 97.7 Å². The molecule has 9 heteroatoms. The number of hydrazone groups is 1. The lowest BCUT2D eigenvalue weighted by Gasteiger charge is -2.23. The van der Waals surface area contributed by atoms with E-state index >= 15 is 0 Å². The summed E-state index contributed by atoms with van der Waals surface area (Å²) < 4.78 is 15.6. The highest BCUT2D eigenvalue weighted by atomic mass is 16.5. The van der Waals surface area contributed by atoms with Gasteiger partial charge in [-0.15, -0.1) is 0 Å². The van der Waals surface area contributed by atoms with E-state index in [0.29, 0.717) is 22.9 Å². The molecule has 2 heterocycles. The fourth-order valence-electron chi connectivity index (χ4n) is 3.79. The molecular weight excluding hydrogens is 402 g/mol. The highest BCUT2D eigenvalue weighted by Crippen LogP contribution is 2.40. The molecular formula is C22H21N3O6. The smallest absolute Gasteiger partial charge is 0.355 e. The molecule has 4 rings (SSSR count). The van der Waals surface area contributed by atoms with Gasteiger partial charge in [-0.2, -0.15) is 5.10 Å². The molecule has 2 aliphatic rings. The van der Waals surface area contributed by atoms with E-state index in [1.807, 2.05) is 0 Å². The fraction of sp³-hybridized carbons (Fsp3) is 0.273. The number of benzene rings is 2. The number of esters is 1. The minimum atomic E-state index is -1.08. The van der Waals surface area contributed by atoms with Crippen molar-refractivity contribution < 1.29 is 28.6 Å². The van der Waals surface area contributed by atoms with Gasteiger partial charge in [0.2, 0.25) is 5.91 Å². The number of ether oxygens (including phenoxy) is 3. The van der Waals surface area contributed by atoms with Crippen LogP contribution in [0.25, 0.3) is 0 Å². The third kappa shape index (κ3) is 3.27. The van der Waals surface area contributed by atoms with Gasteiger partial charge in [-0.05, 0) is 43.3 Å². The van der Waals surface area contributed by atoms with Crippen LogP contribution >= 0.6 is 0 Å². The second-order valence-corrected chi connectivity index (χ2v) is 6.85. The zero-order valence-electron chi connectivity index (χ0n) is 17.3. The summed E-state index contributed by atoms with van der Waals surface area (Å²) in [5.74, 6) is -1.87. The van der Waals surface area contributed by atoms with Crippen LogP contribution in [0.15, 0.2) is 53.6 Å². The van der Waals surface area contributed by atoms with Crippen LogP contribution in [0.3, 0.4) is 0 Å². The summed E-state index contributed by atoms with van der Waals surface area (Å²) in [7, 11) is 3.00. The number of imide groups is 1. The zero-order chi connectivity index (χ0) is 22.1. The van der Waals surface area contributed by atoms with Gasteiger partial charge >= 0.3 is 5.97 Å². The Morgan fingerprint density at radius 1 is 1.00 bits per heavy atom. The molecule has 31 heavy (non-hydrogen) atoms. The Labute approximate surface area is 178 Å². The summed E-state index contributed by atoms with van der Waals surface area (Å²) in [6.45, 7) is 1.78. The number of hydrogen-bond donors (Lipinski definition) is 0. The van der Waals surface area contributed by atoms with Gasteiger partial charge < -0.3 is 14.2 Å². The minimum Gasteiger partial charge on any atom is -0.497 e. The highest BCUT2D eigenvalue weighted by molar-refractivity contribution is 6.47. The molecule has 0 N–H and O–H groups in total. The minimum absolute atomic E-state index is 0.0987. The summed E-state index contributed by atoms with van der Waals surface area (Å²) in [6, 6.07) is 12.5. The van der Waals surface area contributed by atoms with E-state index in [1.165, 1.54) is 12.1 Å². The Balaban J connectivity index is 1.79. The average Bonchev–Trinajstić information content (AvgIpc) is 3.31. The van der Waals surface area contributed by atoms with E-state index in [9.17, 15) is 14.4 Å². The lowest BCUT2D eigenvalue weighted by Crippen LogP contribution is -2.39. The summed E-state index contributed by atoms with van der Waals surface area (Å²) in [5.41, 5.74) is 0.754. The summed E-state index contributed by atoms with van der Waals surface area (Å²) in [4.78, 5) is 40.5. The molecule has 1 fully saturated rings. The van der Waals surface area contributed by atoms with E-state index < -0.39 is 29.7 Å². The van der Waals surface area contributed by atoms with Crippen LogP contribution in [0.5, 0.6) is 11.5 Å². The van der Waals surface area contributed by atoms with Crippen LogP contribution in [0.1, 0.15) is 6.92 Å². The van der Waals surface area contributed by atoms with Gasteiger partial charge in [0, 0.05) is 0 Å². The molecule has 0 aliphatic carbocycles. The van der Waals surface area contributed by atoms with Crippen LogP contribution < -0.4 is 19.4 Å². The highest BCUT2D eigenvalue weighted by Gasteiger charge is 2.59. The fourth-order valence-corrected chi connectivity index (χ4v) is 3.79. The average molecular weight is 423 g/mol. The van der Waals surface area contributed by atoms with Crippen molar-refractivity contribution in [2.75, 3.05) is 30.7 Å². The van der Waals surface area contributed by atoms with Crippen LogP contribution in [0, 0.1) is 5.92 Å². The van der Waals surface area contributed by atoms with E-state index in [-0.39, 0.29) is 12.3 Å². The van der Waals surface area contributed by atoms with Crippen molar-refractivity contribution in [3.63, 3.8) is 0 Å². The SMILES string of the molecule is CCOC(=O)C1=NN(c2ccc(OC)cc2)[C@H]2C(=O)N(c3ccccc3OC)C(=O)[C@@H]12. The van der Waals surface area contributed by atoms with E-state index in [1.54, 1.807) is 62.6 Å². The van der Waals surface area contributed by atoms with Crippen LogP contribution in [0.4, 0.5) is 11.4 Å². The summed E-state index contributed by atoms with van der Waals surface area (Å²) >= 11 is 0. The van der Waals surface area contributed by atoms with Gasteiger partial charge in [0.1, 0.15) is 23.5 Å². The molecule has 160 valence electrons. The Morgan fingerprint density at radius 3 is 2.35 bits per heavy atom. The number of amides is 2. The maximum atomic E-state index is 13.5. The number of carbonyl (C=O) groups is 3. The summed E-state index contributed by atoms with van der Waals surface area (Å²) in [6.07, 6.45) is 0. The van der Waals surface area contributed by atoms with Gasteiger partial charge in [-0.25, -0.2) is 9.69 Å². The first-order valence-electron chi connectivity index (χ1n) is 9.71. The first-order valence-corrected chi connectivity index (χ1v) is 9.71. The largest absolute Gasteiger partial charge is 0.497 e. The predicted octanol–water partition coefficient (Wildman–Crippen LogP) is 2.00. The van der Waals surface area contributed by atoms with Gasteiger partial charge in [-0.1, -0.05) is 12.1 Å². The monoisotopic (exact) mass is 423 g/mol. The number of rotatable bonds is 6. The Kier molecular flexibility index (Phi) is 5.33. The quantitative estimate of drug-likeness (QED) is 0.518. The first kappa shape index (κ1) is 20.4. The van der Waals surface area contributed by atoms with Crippen LogP contribution in [0.2, 0.25) is 0 Å². The lowest BCUT2D eigenvalue weighted by atomic mass is 9.97. The van der Waals surface area contributed by atoms with Gasteiger partial charge in [0.25, 0.3) is 5.91 Å². The third-order valence-electron chi connectivity index (χ3n) is 5.20. The molecule has 0 saturated carbocycles. The molecule has 0 radical (unpaired) electrons. The molecule has 2 aromatic rings. The maximum Gasteiger partial charge on any atom is 0.355 e. The molecule has 2 atom stereocenters. The lowest BCUT2D eigenvalue weighted by molar-refractivity contribution is -0.136. The molecule has 2 amide bonds. The van der Waals surface area contributed by atoms with E-state index in [0.717, 1.165) is 4.90 Å². The molecule has 2 aliphatic heterocycles. The number of para-hydroxylation sites is 2. The normalized spacial score (nSPS) is 19.9. The Morgan fingerprint density at radius 2 is 1.71 bits per heavy atom. The Hall–Kier alpha value is -3.88. The maximum absolute atomic E-state index is 13.5. The molecule has 0 unspecified atom stereocenters. The van der Waals surface area contributed by atoms with Crippen molar-refractivity contribution >= 4 is 34.9 Å². The molecule has 2 aromatic carbocycles. The van der Waals surface area contributed by atoms with Crippen molar-refractivity contribution in [1.82, 2.24) is 0 Å². The molecule has 9 nitrogen and oxygen atoms in total.